The fourth-order valence-electron chi connectivity index (χ4n) is 1.99. The van der Waals surface area contributed by atoms with Gasteiger partial charge >= 0.3 is 0 Å². The van der Waals surface area contributed by atoms with E-state index in [0.29, 0.717) is 0 Å². The second-order valence-electron chi connectivity index (χ2n) is 4.13. The number of nitrogens with one attached hydrogen (secondary N) is 1. The molecule has 0 aliphatic heterocycles. The monoisotopic (exact) mass is 190 g/mol. The first kappa shape index (κ1) is 9.66. The van der Waals surface area contributed by atoms with Gasteiger partial charge in [-0.2, -0.15) is 0 Å². The molecule has 1 saturated carbocycles. The molecule has 1 atom stereocenters. The van der Waals surface area contributed by atoms with Gasteiger partial charge in [0.2, 0.25) is 0 Å². The van der Waals surface area contributed by atoms with Gasteiger partial charge in [-0.3, -0.25) is 4.98 Å². The van der Waals surface area contributed by atoms with Crippen molar-refractivity contribution in [2.24, 2.45) is 5.92 Å². The lowest BCUT2D eigenvalue weighted by molar-refractivity contribution is 0.470. The highest BCUT2D eigenvalue weighted by Crippen LogP contribution is 2.34. The van der Waals surface area contributed by atoms with Gasteiger partial charge in [0.05, 0.1) is 0 Å². The molecule has 1 aromatic heterocycles. The Morgan fingerprint density at radius 2 is 2.14 bits per heavy atom. The van der Waals surface area contributed by atoms with Crippen molar-refractivity contribution < 1.29 is 0 Å². The summed E-state index contributed by atoms with van der Waals surface area (Å²) >= 11 is 0. The van der Waals surface area contributed by atoms with Gasteiger partial charge in [0.25, 0.3) is 0 Å². The Balaban J connectivity index is 1.81. The molecule has 1 N–H and O–H groups in total. The SMILES string of the molecule is CNC(CCc1ccncc1)C1CC1. The van der Waals surface area contributed by atoms with Crippen molar-refractivity contribution in [1.82, 2.24) is 10.3 Å². The third-order valence-electron chi connectivity index (χ3n) is 3.06. The van der Waals surface area contributed by atoms with Crippen molar-refractivity contribution >= 4 is 0 Å². The molecule has 0 saturated heterocycles. The van der Waals surface area contributed by atoms with Crippen LogP contribution in [-0.2, 0) is 6.42 Å². The molecular weight excluding hydrogens is 172 g/mol. The van der Waals surface area contributed by atoms with Crippen LogP contribution < -0.4 is 5.32 Å². The van der Waals surface area contributed by atoms with Gasteiger partial charge in [0.1, 0.15) is 0 Å². The molecule has 0 amide bonds. The summed E-state index contributed by atoms with van der Waals surface area (Å²) in [6, 6.07) is 4.95. The van der Waals surface area contributed by atoms with Gasteiger partial charge in [0, 0.05) is 18.4 Å². The first-order valence-electron chi connectivity index (χ1n) is 5.46. The van der Waals surface area contributed by atoms with Crippen LogP contribution >= 0.6 is 0 Å². The number of aromatic nitrogens is 1. The summed E-state index contributed by atoms with van der Waals surface area (Å²) in [6.07, 6.45) is 9.01. The van der Waals surface area contributed by atoms with E-state index in [1.54, 1.807) is 0 Å². The van der Waals surface area contributed by atoms with Crippen molar-refractivity contribution in [3.8, 4) is 0 Å². The molecule has 76 valence electrons. The van der Waals surface area contributed by atoms with Gasteiger partial charge in [0.15, 0.2) is 0 Å². The summed E-state index contributed by atoms with van der Waals surface area (Å²) in [5, 5.41) is 3.42. The molecule has 1 unspecified atom stereocenters. The molecule has 0 bridgehead atoms. The molecule has 1 aromatic rings. The number of hydrogen-bond acceptors (Lipinski definition) is 2. The second-order valence-corrected chi connectivity index (χ2v) is 4.13. The topological polar surface area (TPSA) is 24.9 Å². The minimum atomic E-state index is 0.725. The molecule has 0 aromatic carbocycles. The lowest BCUT2D eigenvalue weighted by Gasteiger charge is -2.14. The van der Waals surface area contributed by atoms with Crippen molar-refractivity contribution in [2.75, 3.05) is 7.05 Å². The molecule has 1 heterocycles. The highest BCUT2D eigenvalue weighted by Gasteiger charge is 2.29. The largest absolute Gasteiger partial charge is 0.317 e. The average Bonchev–Trinajstić information content (AvgIpc) is 3.05. The molecule has 1 aliphatic rings. The summed E-state index contributed by atoms with van der Waals surface area (Å²) < 4.78 is 0. The average molecular weight is 190 g/mol. The molecular formula is C12H18N2. The van der Waals surface area contributed by atoms with E-state index in [-0.39, 0.29) is 0 Å². The summed E-state index contributed by atoms with van der Waals surface area (Å²) in [4.78, 5) is 4.02. The van der Waals surface area contributed by atoms with Crippen LogP contribution in [0.1, 0.15) is 24.8 Å². The van der Waals surface area contributed by atoms with Crippen LogP contribution in [0.15, 0.2) is 24.5 Å². The number of aryl methyl sites for hydroxylation is 1. The van der Waals surface area contributed by atoms with E-state index in [2.05, 4.69) is 29.5 Å². The van der Waals surface area contributed by atoms with E-state index < -0.39 is 0 Å². The van der Waals surface area contributed by atoms with Crippen LogP contribution in [-0.4, -0.2) is 18.1 Å². The zero-order valence-corrected chi connectivity index (χ0v) is 8.74. The Morgan fingerprint density at radius 1 is 1.43 bits per heavy atom. The Hall–Kier alpha value is -0.890. The Morgan fingerprint density at radius 3 is 2.71 bits per heavy atom. The molecule has 0 spiro atoms. The van der Waals surface area contributed by atoms with Crippen LogP contribution in [0.5, 0.6) is 0 Å². The minimum absolute atomic E-state index is 0.725. The quantitative estimate of drug-likeness (QED) is 0.768. The fourth-order valence-corrected chi connectivity index (χ4v) is 1.99. The molecule has 1 aliphatic carbocycles. The van der Waals surface area contributed by atoms with Crippen molar-refractivity contribution in [3.63, 3.8) is 0 Å². The van der Waals surface area contributed by atoms with Crippen LogP contribution in [0.4, 0.5) is 0 Å². The van der Waals surface area contributed by atoms with E-state index in [1.165, 1.54) is 31.2 Å². The molecule has 1 fully saturated rings. The van der Waals surface area contributed by atoms with E-state index in [9.17, 15) is 0 Å². The summed E-state index contributed by atoms with van der Waals surface area (Å²) in [5.41, 5.74) is 1.40. The maximum Gasteiger partial charge on any atom is 0.0270 e. The van der Waals surface area contributed by atoms with Crippen molar-refractivity contribution in [1.29, 1.82) is 0 Å². The van der Waals surface area contributed by atoms with Crippen LogP contribution in [0.25, 0.3) is 0 Å². The Bertz CT molecular complexity index is 267. The van der Waals surface area contributed by atoms with Gasteiger partial charge in [-0.1, -0.05) is 0 Å². The Kier molecular flexibility index (Phi) is 3.14. The van der Waals surface area contributed by atoms with Crippen LogP contribution in [0, 0.1) is 5.92 Å². The van der Waals surface area contributed by atoms with E-state index in [4.69, 9.17) is 0 Å². The van der Waals surface area contributed by atoms with Crippen molar-refractivity contribution in [3.05, 3.63) is 30.1 Å². The maximum atomic E-state index is 4.02. The summed E-state index contributed by atoms with van der Waals surface area (Å²) in [7, 11) is 2.08. The fraction of sp³-hybridized carbons (Fsp3) is 0.583. The lowest BCUT2D eigenvalue weighted by atomic mass is 10.0. The maximum absolute atomic E-state index is 4.02. The summed E-state index contributed by atoms with van der Waals surface area (Å²) in [6.45, 7) is 0. The first-order chi connectivity index (χ1) is 6.90. The molecule has 0 radical (unpaired) electrons. The molecule has 2 nitrogen and oxygen atoms in total. The van der Waals surface area contributed by atoms with Crippen LogP contribution in [0.2, 0.25) is 0 Å². The number of nitrogens with zero attached hydrogens (tertiary/aromatic N) is 1. The zero-order valence-electron chi connectivity index (χ0n) is 8.74. The molecule has 2 rings (SSSR count). The number of pyridine rings is 1. The van der Waals surface area contributed by atoms with Gasteiger partial charge < -0.3 is 5.32 Å². The third kappa shape index (κ3) is 2.55. The predicted molar refractivity (Wildman–Crippen MR) is 58.1 cm³/mol. The highest BCUT2D eigenvalue weighted by atomic mass is 14.9. The van der Waals surface area contributed by atoms with Gasteiger partial charge in [-0.05, 0) is 56.3 Å². The minimum Gasteiger partial charge on any atom is -0.317 e. The van der Waals surface area contributed by atoms with Crippen LogP contribution in [0.3, 0.4) is 0 Å². The smallest absolute Gasteiger partial charge is 0.0270 e. The van der Waals surface area contributed by atoms with E-state index in [0.717, 1.165) is 12.0 Å². The predicted octanol–water partition coefficient (Wildman–Crippen LogP) is 2.01. The second kappa shape index (κ2) is 4.56. The zero-order chi connectivity index (χ0) is 9.80. The summed E-state index contributed by atoms with van der Waals surface area (Å²) in [5.74, 6) is 0.946. The standard InChI is InChI=1S/C12H18N2/c1-13-12(11-3-4-11)5-2-10-6-8-14-9-7-10/h6-9,11-13H,2-5H2,1H3. The Labute approximate surface area is 85.7 Å². The lowest BCUT2D eigenvalue weighted by Crippen LogP contribution is -2.27. The van der Waals surface area contributed by atoms with Gasteiger partial charge in [-0.15, -0.1) is 0 Å². The van der Waals surface area contributed by atoms with E-state index >= 15 is 0 Å². The van der Waals surface area contributed by atoms with Crippen molar-refractivity contribution in [2.45, 2.75) is 31.7 Å². The third-order valence-corrected chi connectivity index (χ3v) is 3.06. The first-order valence-corrected chi connectivity index (χ1v) is 5.46. The number of hydrogen-bond donors (Lipinski definition) is 1. The van der Waals surface area contributed by atoms with E-state index in [1.807, 2.05) is 12.4 Å². The highest BCUT2D eigenvalue weighted by molar-refractivity contribution is 5.10. The number of rotatable bonds is 5. The molecule has 2 heteroatoms. The normalized spacial score (nSPS) is 18.1. The van der Waals surface area contributed by atoms with Gasteiger partial charge in [-0.25, -0.2) is 0 Å². The molecule has 14 heavy (non-hydrogen) atoms.